The topological polar surface area (TPSA) is 81.1 Å². The molecule has 2 aromatic heterocycles. The zero-order valence-electron chi connectivity index (χ0n) is 10.2. The van der Waals surface area contributed by atoms with Crippen LogP contribution in [0.3, 0.4) is 0 Å². The number of nitrogens with one attached hydrogen (secondary N) is 1. The van der Waals surface area contributed by atoms with E-state index in [1.165, 1.54) is 17.1 Å². The smallest absolute Gasteiger partial charge is 0.242 e. The number of carbonyl (C=O) groups excluding carboxylic acids is 1. The Bertz CT molecular complexity index is 659. The van der Waals surface area contributed by atoms with Gasteiger partial charge in [-0.25, -0.2) is 8.42 Å². The minimum Gasteiger partial charge on any atom is -0.350 e. The Balaban J connectivity index is 1.90. The van der Waals surface area contributed by atoms with E-state index >= 15 is 0 Å². The van der Waals surface area contributed by atoms with Crippen molar-refractivity contribution in [3.63, 3.8) is 0 Å². The van der Waals surface area contributed by atoms with Crippen LogP contribution in [-0.2, 0) is 27.7 Å². The van der Waals surface area contributed by atoms with Crippen molar-refractivity contribution in [3.05, 3.63) is 34.8 Å². The molecule has 0 fully saturated rings. The van der Waals surface area contributed by atoms with Crippen molar-refractivity contribution in [1.82, 2.24) is 15.1 Å². The van der Waals surface area contributed by atoms with Crippen molar-refractivity contribution in [1.29, 1.82) is 0 Å². The van der Waals surface area contributed by atoms with Crippen LogP contribution in [0.15, 0.2) is 34.8 Å². The van der Waals surface area contributed by atoms with Crippen molar-refractivity contribution >= 4 is 27.1 Å². The van der Waals surface area contributed by atoms with Gasteiger partial charge in [0.25, 0.3) is 0 Å². The Labute approximate surface area is 115 Å². The lowest BCUT2D eigenvalue weighted by Gasteiger charge is -2.03. The Kier molecular flexibility index (Phi) is 4.01. The first-order chi connectivity index (χ1) is 8.95. The second kappa shape index (κ2) is 5.54. The second-order valence-electron chi connectivity index (χ2n) is 4.00. The van der Waals surface area contributed by atoms with Crippen LogP contribution in [0.25, 0.3) is 0 Å². The normalized spacial score (nSPS) is 11.4. The summed E-state index contributed by atoms with van der Waals surface area (Å²) in [6.07, 6.45) is 3.69. The molecule has 0 aliphatic carbocycles. The highest BCUT2D eigenvalue weighted by molar-refractivity contribution is 7.90. The molecule has 0 aromatic carbocycles. The summed E-state index contributed by atoms with van der Waals surface area (Å²) in [5.74, 6) is -0.212. The largest absolute Gasteiger partial charge is 0.350 e. The fraction of sp³-hybridized carbons (Fsp3) is 0.273. The van der Waals surface area contributed by atoms with Gasteiger partial charge in [-0.1, -0.05) is 6.07 Å². The minimum absolute atomic E-state index is 0.000888. The molecular formula is C11H13N3O3S2. The van der Waals surface area contributed by atoms with Gasteiger partial charge in [-0.2, -0.15) is 5.10 Å². The molecule has 6 nitrogen and oxygen atoms in total. The molecule has 1 N–H and O–H groups in total. The zero-order chi connectivity index (χ0) is 13.9. The molecule has 0 aliphatic heterocycles. The molecule has 0 aliphatic rings. The van der Waals surface area contributed by atoms with E-state index in [4.69, 9.17) is 0 Å². The molecule has 0 saturated carbocycles. The maximum atomic E-state index is 11.6. The van der Waals surface area contributed by atoms with Crippen molar-refractivity contribution in [2.24, 2.45) is 0 Å². The van der Waals surface area contributed by atoms with E-state index in [1.54, 1.807) is 11.3 Å². The first-order valence-corrected chi connectivity index (χ1v) is 8.24. The highest BCUT2D eigenvalue weighted by Crippen LogP contribution is 2.08. The molecule has 2 heterocycles. The second-order valence-corrected chi connectivity index (χ2v) is 7.05. The van der Waals surface area contributed by atoms with E-state index in [9.17, 15) is 13.2 Å². The summed E-state index contributed by atoms with van der Waals surface area (Å²) in [5.41, 5.74) is 0. The molecule has 0 unspecified atom stereocenters. The van der Waals surface area contributed by atoms with Gasteiger partial charge >= 0.3 is 0 Å². The molecule has 19 heavy (non-hydrogen) atoms. The summed E-state index contributed by atoms with van der Waals surface area (Å²) >= 11 is 1.56. The van der Waals surface area contributed by atoms with Gasteiger partial charge in [-0.05, 0) is 11.4 Å². The maximum Gasteiger partial charge on any atom is 0.242 e. The summed E-state index contributed by atoms with van der Waals surface area (Å²) in [6, 6.07) is 3.85. The average Bonchev–Trinajstić information content (AvgIpc) is 2.95. The Morgan fingerprint density at radius 3 is 2.89 bits per heavy atom. The maximum absolute atomic E-state index is 11.6. The number of carbonyl (C=O) groups is 1. The molecule has 0 atom stereocenters. The summed E-state index contributed by atoms with van der Waals surface area (Å²) in [6.45, 7) is 0.470. The molecule has 0 radical (unpaired) electrons. The summed E-state index contributed by atoms with van der Waals surface area (Å²) in [7, 11) is -3.28. The lowest BCUT2D eigenvalue weighted by Crippen LogP contribution is -2.26. The predicted octanol–water partition coefficient (Wildman–Crippen LogP) is 0.664. The van der Waals surface area contributed by atoms with E-state index in [-0.39, 0.29) is 17.3 Å². The van der Waals surface area contributed by atoms with E-state index in [0.717, 1.165) is 11.1 Å². The van der Waals surface area contributed by atoms with Crippen molar-refractivity contribution in [2.45, 2.75) is 18.0 Å². The molecule has 0 spiro atoms. The quantitative estimate of drug-likeness (QED) is 0.879. The molecule has 2 rings (SSSR count). The van der Waals surface area contributed by atoms with E-state index in [2.05, 4.69) is 10.4 Å². The highest BCUT2D eigenvalue weighted by atomic mass is 32.2. The molecule has 2 aromatic rings. The van der Waals surface area contributed by atoms with Gasteiger partial charge in [-0.3, -0.25) is 9.48 Å². The summed E-state index contributed by atoms with van der Waals surface area (Å²) < 4.78 is 23.8. The van der Waals surface area contributed by atoms with Gasteiger partial charge in [0.15, 0.2) is 9.84 Å². The molecule has 0 saturated heterocycles. The highest BCUT2D eigenvalue weighted by Gasteiger charge is 2.11. The Hall–Kier alpha value is -1.67. The lowest BCUT2D eigenvalue weighted by molar-refractivity contribution is -0.122. The molecule has 0 bridgehead atoms. The number of nitrogens with zero attached hydrogens (tertiary/aromatic N) is 2. The van der Waals surface area contributed by atoms with Crippen LogP contribution in [0.5, 0.6) is 0 Å². The number of sulfone groups is 1. The molecule has 8 heteroatoms. The number of thiophene rings is 1. The standard InChI is InChI=1S/C11H13N3O3S2/c1-19(16,17)10-6-13-14(7-10)8-11(15)12-5-9-3-2-4-18-9/h2-4,6-7H,5,8H2,1H3,(H,12,15). The van der Waals surface area contributed by atoms with E-state index in [0.29, 0.717) is 6.54 Å². The van der Waals surface area contributed by atoms with Crippen LogP contribution < -0.4 is 5.32 Å². The third-order valence-corrected chi connectivity index (χ3v) is 4.33. The Morgan fingerprint density at radius 2 is 2.32 bits per heavy atom. The van der Waals surface area contributed by atoms with Crippen LogP contribution in [0.1, 0.15) is 4.88 Å². The van der Waals surface area contributed by atoms with Gasteiger partial charge in [0.05, 0.1) is 12.7 Å². The summed E-state index contributed by atoms with van der Waals surface area (Å²) in [5, 5.41) is 8.53. The van der Waals surface area contributed by atoms with Gasteiger partial charge < -0.3 is 5.32 Å². The monoisotopic (exact) mass is 299 g/mol. The molecule has 1 amide bonds. The van der Waals surface area contributed by atoms with Crippen LogP contribution >= 0.6 is 11.3 Å². The third kappa shape index (κ3) is 3.90. The Morgan fingerprint density at radius 1 is 1.53 bits per heavy atom. The van der Waals surface area contributed by atoms with Crippen molar-refractivity contribution < 1.29 is 13.2 Å². The van der Waals surface area contributed by atoms with Gasteiger partial charge in [-0.15, -0.1) is 11.3 Å². The van der Waals surface area contributed by atoms with E-state index < -0.39 is 9.84 Å². The lowest BCUT2D eigenvalue weighted by atomic mass is 10.4. The summed E-state index contributed by atoms with van der Waals surface area (Å²) in [4.78, 5) is 12.8. The van der Waals surface area contributed by atoms with Crippen LogP contribution in [0, 0.1) is 0 Å². The number of amides is 1. The van der Waals surface area contributed by atoms with Gasteiger partial charge in [0.2, 0.25) is 5.91 Å². The molecular weight excluding hydrogens is 286 g/mol. The van der Waals surface area contributed by atoms with Gasteiger partial charge in [0.1, 0.15) is 11.4 Å². The average molecular weight is 299 g/mol. The van der Waals surface area contributed by atoms with Crippen LogP contribution in [0.2, 0.25) is 0 Å². The third-order valence-electron chi connectivity index (χ3n) is 2.38. The number of rotatable bonds is 5. The van der Waals surface area contributed by atoms with Crippen LogP contribution in [-0.4, -0.2) is 30.4 Å². The minimum atomic E-state index is -3.28. The number of aromatic nitrogens is 2. The van der Waals surface area contributed by atoms with E-state index in [1.807, 2.05) is 17.5 Å². The first kappa shape index (κ1) is 13.8. The fourth-order valence-corrected chi connectivity index (χ4v) is 2.62. The van der Waals surface area contributed by atoms with Crippen molar-refractivity contribution in [2.75, 3.05) is 6.26 Å². The predicted molar refractivity (Wildman–Crippen MR) is 71.5 cm³/mol. The zero-order valence-corrected chi connectivity index (χ0v) is 11.9. The van der Waals surface area contributed by atoms with Crippen molar-refractivity contribution in [3.8, 4) is 0 Å². The van der Waals surface area contributed by atoms with Crippen LogP contribution in [0.4, 0.5) is 0 Å². The fourth-order valence-electron chi connectivity index (χ4n) is 1.42. The van der Waals surface area contributed by atoms with Gasteiger partial charge in [0, 0.05) is 17.3 Å². The number of hydrogen-bond donors (Lipinski definition) is 1. The first-order valence-electron chi connectivity index (χ1n) is 5.47. The number of hydrogen-bond acceptors (Lipinski definition) is 5. The molecule has 102 valence electrons. The SMILES string of the molecule is CS(=O)(=O)c1cnn(CC(=O)NCc2cccs2)c1.